The van der Waals surface area contributed by atoms with E-state index < -0.39 is 5.60 Å². The summed E-state index contributed by atoms with van der Waals surface area (Å²) in [4.78, 5) is 7.24. The average molecular weight is 201 g/mol. The summed E-state index contributed by atoms with van der Waals surface area (Å²) in [5.41, 5.74) is 1.11. The Morgan fingerprint density at radius 2 is 2.20 bits per heavy atom. The largest absolute Gasteiger partial charge is 0.383 e. The van der Waals surface area contributed by atoms with Crippen LogP contribution in [0.15, 0.2) is 18.2 Å². The van der Waals surface area contributed by atoms with Crippen molar-refractivity contribution >= 4 is 11.0 Å². The van der Waals surface area contributed by atoms with E-state index >= 15 is 0 Å². The number of rotatable bonds is 1. The highest BCUT2D eigenvalue weighted by molar-refractivity contribution is 5.76. The van der Waals surface area contributed by atoms with E-state index in [1.165, 1.54) is 0 Å². The Bertz CT molecular complexity index is 543. The number of aliphatic hydroxyl groups is 1. The van der Waals surface area contributed by atoms with Crippen molar-refractivity contribution in [3.05, 3.63) is 29.6 Å². The van der Waals surface area contributed by atoms with Crippen molar-refractivity contribution in [3.63, 3.8) is 0 Å². The monoisotopic (exact) mass is 201 g/mol. The topological polar surface area (TPSA) is 72.7 Å². The van der Waals surface area contributed by atoms with E-state index in [0.29, 0.717) is 11.4 Å². The Kier molecular flexibility index (Phi) is 1.98. The minimum Gasteiger partial charge on any atom is -0.383 e. The lowest BCUT2D eigenvalue weighted by atomic mass is 10.1. The lowest BCUT2D eigenvalue weighted by molar-refractivity contribution is 0.0700. The molecule has 0 radical (unpaired) electrons. The summed E-state index contributed by atoms with van der Waals surface area (Å²) < 4.78 is 0. The zero-order valence-corrected chi connectivity index (χ0v) is 8.57. The van der Waals surface area contributed by atoms with E-state index in [1.807, 2.05) is 0 Å². The third-order valence-corrected chi connectivity index (χ3v) is 2.19. The van der Waals surface area contributed by atoms with Gasteiger partial charge in [-0.1, -0.05) is 0 Å². The molecule has 0 fully saturated rings. The molecule has 0 aliphatic heterocycles. The molecular formula is C11H11N3O. The smallest absolute Gasteiger partial charge is 0.138 e. The van der Waals surface area contributed by atoms with Crippen LogP contribution < -0.4 is 0 Å². The molecule has 4 heteroatoms. The van der Waals surface area contributed by atoms with Crippen LogP contribution in [-0.4, -0.2) is 15.1 Å². The van der Waals surface area contributed by atoms with Crippen LogP contribution in [0.4, 0.5) is 0 Å². The van der Waals surface area contributed by atoms with E-state index in [0.717, 1.165) is 11.0 Å². The van der Waals surface area contributed by atoms with Crippen LogP contribution in [0.2, 0.25) is 0 Å². The number of nitrogens with zero attached hydrogens (tertiary/aromatic N) is 2. The van der Waals surface area contributed by atoms with Crippen molar-refractivity contribution in [2.75, 3.05) is 0 Å². The molecule has 76 valence electrons. The Hall–Kier alpha value is -1.86. The number of aromatic amines is 1. The van der Waals surface area contributed by atoms with E-state index in [2.05, 4.69) is 16.0 Å². The zero-order chi connectivity index (χ0) is 11.1. The standard InChI is InChI=1S/C11H11N3O/c1-11(2,15)10-13-8-4-3-7(6-12)5-9(8)14-10/h3-5,15H,1-2H3,(H,13,14). The van der Waals surface area contributed by atoms with Gasteiger partial charge < -0.3 is 10.1 Å². The Labute approximate surface area is 87.2 Å². The van der Waals surface area contributed by atoms with Crippen LogP contribution in [0.3, 0.4) is 0 Å². The van der Waals surface area contributed by atoms with Crippen LogP contribution in [0.1, 0.15) is 25.2 Å². The number of hydrogen-bond acceptors (Lipinski definition) is 3. The molecule has 15 heavy (non-hydrogen) atoms. The molecule has 1 aromatic heterocycles. The summed E-state index contributed by atoms with van der Waals surface area (Å²) in [6.45, 7) is 3.33. The van der Waals surface area contributed by atoms with Gasteiger partial charge in [-0.2, -0.15) is 5.26 Å². The molecule has 0 unspecified atom stereocenters. The van der Waals surface area contributed by atoms with Crippen molar-refractivity contribution in [1.29, 1.82) is 5.26 Å². The summed E-state index contributed by atoms with van der Waals surface area (Å²) in [5, 5.41) is 18.5. The van der Waals surface area contributed by atoms with Crippen molar-refractivity contribution < 1.29 is 5.11 Å². The van der Waals surface area contributed by atoms with Crippen molar-refractivity contribution in [2.45, 2.75) is 19.4 Å². The van der Waals surface area contributed by atoms with Gasteiger partial charge in [-0.15, -0.1) is 0 Å². The molecule has 1 heterocycles. The molecule has 0 saturated carbocycles. The van der Waals surface area contributed by atoms with Gasteiger partial charge in [0.1, 0.15) is 11.4 Å². The fourth-order valence-corrected chi connectivity index (χ4v) is 1.37. The predicted octanol–water partition coefficient (Wildman–Crippen LogP) is 1.66. The first kappa shape index (κ1) is 9.69. The highest BCUT2D eigenvalue weighted by Crippen LogP contribution is 2.20. The number of imidazole rings is 1. The highest BCUT2D eigenvalue weighted by atomic mass is 16.3. The van der Waals surface area contributed by atoms with E-state index in [1.54, 1.807) is 32.0 Å². The molecule has 0 spiro atoms. The molecule has 0 aliphatic carbocycles. The number of fused-ring (bicyclic) bond motifs is 1. The fourth-order valence-electron chi connectivity index (χ4n) is 1.37. The van der Waals surface area contributed by atoms with E-state index in [4.69, 9.17) is 5.26 Å². The lowest BCUT2D eigenvalue weighted by Crippen LogP contribution is -2.17. The van der Waals surface area contributed by atoms with Gasteiger partial charge in [-0.05, 0) is 32.0 Å². The molecule has 0 amide bonds. The van der Waals surface area contributed by atoms with Crippen LogP contribution in [-0.2, 0) is 5.60 Å². The molecule has 4 nitrogen and oxygen atoms in total. The van der Waals surface area contributed by atoms with Gasteiger partial charge in [0.2, 0.25) is 0 Å². The van der Waals surface area contributed by atoms with Gasteiger partial charge in [0.15, 0.2) is 0 Å². The molecule has 0 atom stereocenters. The van der Waals surface area contributed by atoms with E-state index in [-0.39, 0.29) is 0 Å². The molecule has 1 aromatic carbocycles. The first-order valence-electron chi connectivity index (χ1n) is 4.63. The van der Waals surface area contributed by atoms with E-state index in [9.17, 15) is 5.11 Å². The maximum absolute atomic E-state index is 9.76. The molecule has 0 aliphatic rings. The van der Waals surface area contributed by atoms with Crippen LogP contribution >= 0.6 is 0 Å². The molecule has 0 saturated heterocycles. The van der Waals surface area contributed by atoms with Crippen molar-refractivity contribution in [3.8, 4) is 6.07 Å². The van der Waals surface area contributed by atoms with Gasteiger partial charge >= 0.3 is 0 Å². The highest BCUT2D eigenvalue weighted by Gasteiger charge is 2.20. The normalized spacial score (nSPS) is 11.6. The SMILES string of the molecule is CC(C)(O)c1nc2ccc(C#N)cc2[nH]1. The molecule has 2 rings (SSSR count). The van der Waals surface area contributed by atoms with Crippen LogP contribution in [0.5, 0.6) is 0 Å². The molecule has 0 bridgehead atoms. The quantitative estimate of drug-likeness (QED) is 0.737. The zero-order valence-electron chi connectivity index (χ0n) is 8.57. The van der Waals surface area contributed by atoms with Crippen molar-refractivity contribution in [2.24, 2.45) is 0 Å². The summed E-state index contributed by atoms with van der Waals surface area (Å²) >= 11 is 0. The number of aromatic nitrogens is 2. The van der Waals surface area contributed by atoms with Crippen LogP contribution in [0, 0.1) is 11.3 Å². The molecular weight excluding hydrogens is 190 g/mol. The van der Waals surface area contributed by atoms with Gasteiger partial charge in [0, 0.05) is 0 Å². The third kappa shape index (κ3) is 1.69. The van der Waals surface area contributed by atoms with Gasteiger partial charge in [-0.3, -0.25) is 0 Å². The second-order valence-electron chi connectivity index (χ2n) is 3.99. The number of nitrogens with one attached hydrogen (secondary N) is 1. The van der Waals surface area contributed by atoms with Crippen molar-refractivity contribution in [1.82, 2.24) is 9.97 Å². The number of hydrogen-bond donors (Lipinski definition) is 2. The first-order valence-corrected chi connectivity index (χ1v) is 4.63. The molecule has 2 N–H and O–H groups in total. The first-order chi connectivity index (χ1) is 7.00. The second kappa shape index (κ2) is 3.07. The summed E-state index contributed by atoms with van der Waals surface area (Å²) in [6.07, 6.45) is 0. The Morgan fingerprint density at radius 1 is 1.47 bits per heavy atom. The molecule has 2 aromatic rings. The summed E-state index contributed by atoms with van der Waals surface area (Å²) in [6, 6.07) is 7.25. The maximum atomic E-state index is 9.76. The third-order valence-electron chi connectivity index (χ3n) is 2.19. The number of H-pyrrole nitrogens is 1. The Balaban J connectivity index is 2.62. The number of nitriles is 1. The van der Waals surface area contributed by atoms with Gasteiger partial charge in [0.25, 0.3) is 0 Å². The minimum absolute atomic E-state index is 0.507. The van der Waals surface area contributed by atoms with Gasteiger partial charge in [-0.25, -0.2) is 4.98 Å². The fraction of sp³-hybridized carbons (Fsp3) is 0.273. The number of benzene rings is 1. The predicted molar refractivity (Wildman–Crippen MR) is 56.1 cm³/mol. The summed E-state index contributed by atoms with van der Waals surface area (Å²) in [5.74, 6) is 0.507. The maximum Gasteiger partial charge on any atom is 0.138 e. The Morgan fingerprint density at radius 3 is 2.80 bits per heavy atom. The van der Waals surface area contributed by atoms with Gasteiger partial charge in [0.05, 0.1) is 22.7 Å². The lowest BCUT2D eigenvalue weighted by Gasteiger charge is -2.12. The average Bonchev–Trinajstić information content (AvgIpc) is 2.59. The summed E-state index contributed by atoms with van der Waals surface area (Å²) in [7, 11) is 0. The second-order valence-corrected chi connectivity index (χ2v) is 3.99. The minimum atomic E-state index is -0.994. The van der Waals surface area contributed by atoms with Crippen LogP contribution in [0.25, 0.3) is 11.0 Å².